The van der Waals surface area contributed by atoms with Gasteiger partial charge in [0.15, 0.2) is 5.96 Å². The summed E-state index contributed by atoms with van der Waals surface area (Å²) in [5.41, 5.74) is 10.9. The molecule has 0 aromatic rings. The SMILES string of the molecule is CC[C@H](C)[C@@H]1NC(=O)[C@@H](NC(=O)CCCCCNC(=O)CN(CCN(CCN(CC(=O)O)CC(=O)O)CC(=O)O)CC(=O)O)CC(=O)NCCCC[C@@H](C(=O)O)NC(=O)[C@H](CCC(=O)O)NC(=O)[C@H](CCCN=C(N)N)NC1=O. The monoisotopic (exact) mass is 1130 g/mol. The summed E-state index contributed by atoms with van der Waals surface area (Å²) < 4.78 is 0. The number of aliphatic imine (C=N–C) groups is 1. The van der Waals surface area contributed by atoms with E-state index in [1.165, 1.54) is 9.80 Å². The number of nitrogens with zero attached hydrogens (tertiary/aromatic N) is 4. The van der Waals surface area contributed by atoms with Crippen molar-refractivity contribution in [3.05, 3.63) is 0 Å². The molecule has 0 saturated carbocycles. The van der Waals surface area contributed by atoms with Gasteiger partial charge >= 0.3 is 35.8 Å². The molecule has 0 spiro atoms. The van der Waals surface area contributed by atoms with E-state index in [4.69, 9.17) is 21.7 Å². The van der Waals surface area contributed by atoms with Gasteiger partial charge in [0, 0.05) is 58.7 Å². The number of nitrogens with two attached hydrogens (primary N) is 2. The zero-order valence-corrected chi connectivity index (χ0v) is 44.6. The molecule has 1 saturated heterocycles. The van der Waals surface area contributed by atoms with Gasteiger partial charge in [0.05, 0.1) is 39.1 Å². The van der Waals surface area contributed by atoms with Crippen molar-refractivity contribution in [2.45, 2.75) is 128 Å². The number of amides is 7. The molecule has 32 nitrogen and oxygen atoms in total. The van der Waals surface area contributed by atoms with E-state index in [-0.39, 0.29) is 96.7 Å². The van der Waals surface area contributed by atoms with Crippen LogP contribution in [0.25, 0.3) is 0 Å². The van der Waals surface area contributed by atoms with Crippen molar-refractivity contribution < 1.29 is 93.0 Å². The van der Waals surface area contributed by atoms with Crippen molar-refractivity contribution in [1.82, 2.24) is 51.9 Å². The molecular weight excluding hydrogens is 1050 g/mol. The Morgan fingerprint density at radius 2 is 1.16 bits per heavy atom. The number of rotatable bonds is 33. The molecule has 79 heavy (non-hydrogen) atoms. The molecule has 0 aromatic carbocycles. The Balaban J connectivity index is 3.19. The van der Waals surface area contributed by atoms with Crippen LogP contribution in [0.2, 0.25) is 0 Å². The van der Waals surface area contributed by atoms with Crippen LogP contribution in [0, 0.1) is 5.92 Å². The summed E-state index contributed by atoms with van der Waals surface area (Å²) in [6.45, 7) is 0.199. The van der Waals surface area contributed by atoms with Crippen LogP contribution in [0.5, 0.6) is 0 Å². The summed E-state index contributed by atoms with van der Waals surface area (Å²) in [6, 6.07) is -7.41. The lowest BCUT2D eigenvalue weighted by molar-refractivity contribution is -0.143. The zero-order valence-electron chi connectivity index (χ0n) is 44.6. The van der Waals surface area contributed by atoms with Gasteiger partial charge in [0.25, 0.3) is 0 Å². The average molecular weight is 1130 g/mol. The molecule has 1 aliphatic rings. The first-order valence-electron chi connectivity index (χ1n) is 25.8. The highest BCUT2D eigenvalue weighted by atomic mass is 16.4. The van der Waals surface area contributed by atoms with E-state index in [0.29, 0.717) is 19.3 Å². The predicted octanol–water partition coefficient (Wildman–Crippen LogP) is -4.93. The molecular formula is C47H79N13O19. The third-order valence-corrected chi connectivity index (χ3v) is 12.2. The van der Waals surface area contributed by atoms with E-state index in [1.54, 1.807) is 13.8 Å². The predicted molar refractivity (Wildman–Crippen MR) is 276 cm³/mol. The molecule has 1 fully saturated rings. The highest BCUT2D eigenvalue weighted by Crippen LogP contribution is 2.13. The quantitative estimate of drug-likeness (QED) is 0.0166. The standard InChI is InChI=1S/C47H79N13O19/c1-3-28(2)41-45(77)55-29(11-9-17-52-47(48)49)42(74)54-30(13-14-36(64)65)43(75)56-31(46(78)79)10-6-8-16-50-34(62)22-32(44(76)57-41)53-33(61)12-5-4-7-15-51-35(63)23-59(25-38(68)69)20-18-58(24-37(66)67)19-21-60(26-39(70)71)27-40(72)73/h28-32,41H,3-27H2,1-2H3,(H,50,62)(H,51,63)(H,53,61)(H,54,74)(H,55,77)(H,56,75)(H,57,76)(H,64,65)(H,66,67)(H,68,69)(H,70,71)(H,72,73)(H,78,79)(H4,48,49,52)/t28-,29-,30-,31-,32-,41-/m0/s1. The number of aliphatic carboxylic acids is 6. The number of carboxylic acid groups (broad SMARTS) is 6. The maximum absolute atomic E-state index is 14.1. The van der Waals surface area contributed by atoms with Crippen molar-refractivity contribution in [2.24, 2.45) is 22.4 Å². The maximum Gasteiger partial charge on any atom is 0.326 e. The Morgan fingerprint density at radius 3 is 1.72 bits per heavy atom. The number of nitrogens with one attached hydrogen (secondary N) is 7. The summed E-state index contributed by atoms with van der Waals surface area (Å²) in [7, 11) is 0. The van der Waals surface area contributed by atoms with Crippen molar-refractivity contribution in [3.63, 3.8) is 0 Å². The summed E-state index contributed by atoms with van der Waals surface area (Å²) >= 11 is 0. The van der Waals surface area contributed by atoms with Gasteiger partial charge in [-0.2, -0.15) is 0 Å². The van der Waals surface area contributed by atoms with Crippen LogP contribution in [0.4, 0.5) is 0 Å². The number of guanidine groups is 1. The Morgan fingerprint density at radius 1 is 0.620 bits per heavy atom. The second-order valence-corrected chi connectivity index (χ2v) is 18.9. The molecule has 32 heteroatoms. The third-order valence-electron chi connectivity index (χ3n) is 12.2. The molecule has 7 amide bonds. The van der Waals surface area contributed by atoms with Crippen LogP contribution in [-0.2, 0) is 62.3 Å². The van der Waals surface area contributed by atoms with E-state index in [9.17, 15) is 82.8 Å². The minimum absolute atomic E-state index is 0.00463. The number of carbonyl (C=O) groups is 13. The van der Waals surface area contributed by atoms with E-state index >= 15 is 0 Å². The largest absolute Gasteiger partial charge is 0.481 e. The first-order chi connectivity index (χ1) is 37.2. The molecule has 0 radical (unpaired) electrons. The summed E-state index contributed by atoms with van der Waals surface area (Å²) in [6.07, 6.45) is -0.478. The molecule has 0 aromatic heterocycles. The van der Waals surface area contributed by atoms with E-state index in [2.05, 4.69) is 42.2 Å². The van der Waals surface area contributed by atoms with Gasteiger partial charge in [-0.25, -0.2) is 4.79 Å². The highest BCUT2D eigenvalue weighted by molar-refractivity contribution is 5.97. The van der Waals surface area contributed by atoms with E-state index in [1.807, 2.05) is 0 Å². The van der Waals surface area contributed by atoms with Gasteiger partial charge in [-0.3, -0.25) is 77.2 Å². The molecule has 1 rings (SSSR count). The fourth-order valence-corrected chi connectivity index (χ4v) is 7.87. The first kappa shape index (κ1) is 69.3. The van der Waals surface area contributed by atoms with Crippen molar-refractivity contribution in [2.75, 3.05) is 78.5 Å². The molecule has 1 heterocycles. The summed E-state index contributed by atoms with van der Waals surface area (Å²) in [5.74, 6) is -14.5. The molecule has 1 aliphatic heterocycles. The van der Waals surface area contributed by atoms with Crippen LogP contribution in [0.15, 0.2) is 4.99 Å². The third kappa shape index (κ3) is 31.9. The zero-order chi connectivity index (χ0) is 59.6. The minimum atomic E-state index is -1.57. The second-order valence-electron chi connectivity index (χ2n) is 18.9. The van der Waals surface area contributed by atoms with Crippen LogP contribution in [-0.4, -0.2) is 237 Å². The van der Waals surface area contributed by atoms with Crippen LogP contribution in [0.3, 0.4) is 0 Å². The average Bonchev–Trinajstić information content (AvgIpc) is 3.34. The Kier molecular flexibility index (Phi) is 33.3. The number of unbranched alkanes of at least 4 members (excludes halogenated alkanes) is 2. The van der Waals surface area contributed by atoms with Gasteiger partial charge < -0.3 is 79.3 Å². The minimum Gasteiger partial charge on any atom is -0.481 e. The molecule has 446 valence electrons. The lowest BCUT2D eigenvalue weighted by atomic mass is 9.96. The molecule has 17 N–H and O–H groups in total. The van der Waals surface area contributed by atoms with Gasteiger partial charge in [0.2, 0.25) is 41.4 Å². The first-order valence-corrected chi connectivity index (χ1v) is 25.8. The molecule has 0 aliphatic carbocycles. The fourth-order valence-electron chi connectivity index (χ4n) is 7.87. The second kappa shape index (κ2) is 37.9. The maximum atomic E-state index is 14.1. The fraction of sp³-hybridized carbons (Fsp3) is 0.702. The van der Waals surface area contributed by atoms with Crippen molar-refractivity contribution in [1.29, 1.82) is 0 Å². The van der Waals surface area contributed by atoms with Crippen molar-refractivity contribution in [3.8, 4) is 0 Å². The van der Waals surface area contributed by atoms with Crippen LogP contribution < -0.4 is 48.7 Å². The Hall–Kier alpha value is -7.74. The van der Waals surface area contributed by atoms with Gasteiger partial charge in [0.1, 0.15) is 30.2 Å². The Bertz CT molecular complexity index is 2110. The van der Waals surface area contributed by atoms with Crippen molar-refractivity contribution >= 4 is 83.1 Å². The smallest absolute Gasteiger partial charge is 0.326 e. The summed E-state index contributed by atoms with van der Waals surface area (Å²) in [5, 5.41) is 74.1. The number of carbonyl (C=O) groups excluding carboxylic acids is 7. The molecule has 0 bridgehead atoms. The number of hydrogen-bond donors (Lipinski definition) is 15. The topological polar surface area (TPSA) is 502 Å². The highest BCUT2D eigenvalue weighted by Gasteiger charge is 2.35. The lowest BCUT2D eigenvalue weighted by Gasteiger charge is -2.29. The van der Waals surface area contributed by atoms with E-state index < -0.39 is 165 Å². The normalized spacial score (nSPS) is 19.4. The Labute approximate surface area is 455 Å². The number of hydrogen-bond acceptors (Lipinski definition) is 17. The lowest BCUT2D eigenvalue weighted by Crippen LogP contribution is -2.60. The number of carboxylic acids is 6. The van der Waals surface area contributed by atoms with Crippen LogP contribution >= 0.6 is 0 Å². The van der Waals surface area contributed by atoms with Crippen LogP contribution in [0.1, 0.15) is 97.3 Å². The summed E-state index contributed by atoms with van der Waals surface area (Å²) in [4.78, 5) is 172. The molecule has 6 atom stereocenters. The molecule has 0 unspecified atom stereocenters. The van der Waals surface area contributed by atoms with Gasteiger partial charge in [-0.05, 0) is 57.3 Å². The van der Waals surface area contributed by atoms with Gasteiger partial charge in [-0.15, -0.1) is 0 Å². The van der Waals surface area contributed by atoms with E-state index in [0.717, 1.165) is 4.90 Å². The van der Waals surface area contributed by atoms with Gasteiger partial charge in [-0.1, -0.05) is 26.7 Å².